The molecule has 0 spiro atoms. The van der Waals surface area contributed by atoms with Crippen LogP contribution in [0.5, 0.6) is 5.75 Å². The molecule has 0 saturated carbocycles. The minimum absolute atomic E-state index is 0.0972. The molecule has 34 heavy (non-hydrogen) atoms. The standard InChI is InChI=1S/C25H20FN5O2S/c1-14-11-16(15(2)30(14)17-7-6-8-18(13-17)33-3)12-20-22(27)31-25(28-23(20)32)34-24(29-31)19-9-4-5-10-21(19)26/h4-13,27H,1-3H3/b20-12-,27-22?. The average Bonchev–Trinajstić information content (AvgIpc) is 3.37. The van der Waals surface area contributed by atoms with E-state index in [1.54, 1.807) is 31.4 Å². The average molecular weight is 474 g/mol. The predicted molar refractivity (Wildman–Crippen MR) is 132 cm³/mol. The summed E-state index contributed by atoms with van der Waals surface area (Å²) in [5.74, 6) is -0.307. The number of hydrogen-bond donors (Lipinski definition) is 1. The molecule has 1 aromatic heterocycles. The van der Waals surface area contributed by atoms with E-state index in [1.807, 2.05) is 44.2 Å². The Morgan fingerprint density at radius 2 is 1.91 bits per heavy atom. The second-order valence-electron chi connectivity index (χ2n) is 7.77. The molecule has 3 aromatic rings. The zero-order valence-electron chi connectivity index (χ0n) is 18.7. The summed E-state index contributed by atoms with van der Waals surface area (Å²) >= 11 is 1.07. The summed E-state index contributed by atoms with van der Waals surface area (Å²) in [5, 5.41) is 14.9. The van der Waals surface area contributed by atoms with Crippen molar-refractivity contribution in [2.45, 2.75) is 13.8 Å². The highest BCUT2D eigenvalue weighted by atomic mass is 32.2. The molecule has 0 saturated heterocycles. The number of halogens is 1. The highest BCUT2D eigenvalue weighted by Crippen LogP contribution is 2.32. The number of amidine groups is 2. The van der Waals surface area contributed by atoms with E-state index in [9.17, 15) is 9.18 Å². The minimum atomic E-state index is -0.528. The van der Waals surface area contributed by atoms with Gasteiger partial charge in [0.1, 0.15) is 16.6 Å². The number of hydrogen-bond acceptors (Lipinski definition) is 5. The lowest BCUT2D eigenvalue weighted by Gasteiger charge is -2.20. The van der Waals surface area contributed by atoms with Crippen molar-refractivity contribution in [1.82, 2.24) is 9.58 Å². The summed E-state index contributed by atoms with van der Waals surface area (Å²) in [6.45, 7) is 3.92. The number of fused-ring (bicyclic) bond motifs is 1. The van der Waals surface area contributed by atoms with E-state index in [-0.39, 0.29) is 16.6 Å². The largest absolute Gasteiger partial charge is 0.497 e. The Labute approximate surface area is 199 Å². The van der Waals surface area contributed by atoms with Crippen LogP contribution in [0.4, 0.5) is 4.39 Å². The molecule has 7 nitrogen and oxygen atoms in total. The van der Waals surface area contributed by atoms with Crippen LogP contribution < -0.4 is 4.74 Å². The number of carbonyl (C=O) groups excluding carboxylic acids is 1. The molecular weight excluding hydrogens is 453 g/mol. The summed E-state index contributed by atoms with van der Waals surface area (Å²) in [5.41, 5.74) is 4.01. The summed E-state index contributed by atoms with van der Waals surface area (Å²) in [4.78, 5) is 16.9. The molecule has 2 aromatic carbocycles. The van der Waals surface area contributed by atoms with Crippen LogP contribution in [0.25, 0.3) is 11.8 Å². The first-order chi connectivity index (χ1) is 16.4. The zero-order chi connectivity index (χ0) is 24.0. The van der Waals surface area contributed by atoms with Crippen molar-refractivity contribution >= 4 is 39.8 Å². The maximum atomic E-state index is 14.2. The SMILES string of the molecule is COc1cccc(-n2c(C)cc(/C=C3/C(=N)N4N=C(c5ccccc5F)SC4=NC3=O)c2C)c1. The van der Waals surface area contributed by atoms with Crippen LogP contribution in [0.15, 0.2) is 70.3 Å². The molecule has 5 rings (SSSR count). The Kier molecular flexibility index (Phi) is 5.41. The van der Waals surface area contributed by atoms with Gasteiger partial charge in [0.15, 0.2) is 5.84 Å². The topological polar surface area (TPSA) is 83.0 Å². The van der Waals surface area contributed by atoms with Crippen LogP contribution in [0.3, 0.4) is 0 Å². The lowest BCUT2D eigenvalue weighted by Crippen LogP contribution is -2.35. The Morgan fingerprint density at radius 1 is 1.12 bits per heavy atom. The fourth-order valence-electron chi connectivity index (χ4n) is 3.97. The van der Waals surface area contributed by atoms with Crippen molar-refractivity contribution in [2.24, 2.45) is 10.1 Å². The highest BCUT2D eigenvalue weighted by molar-refractivity contribution is 8.27. The quantitative estimate of drug-likeness (QED) is 0.546. The fourth-order valence-corrected chi connectivity index (χ4v) is 4.89. The molecule has 1 N–H and O–H groups in total. The van der Waals surface area contributed by atoms with Gasteiger partial charge < -0.3 is 9.30 Å². The lowest BCUT2D eigenvalue weighted by molar-refractivity contribution is -0.114. The number of aromatic nitrogens is 1. The summed E-state index contributed by atoms with van der Waals surface area (Å²) in [7, 11) is 1.62. The van der Waals surface area contributed by atoms with Crippen molar-refractivity contribution in [3.8, 4) is 11.4 Å². The van der Waals surface area contributed by atoms with Gasteiger partial charge in [0.25, 0.3) is 5.91 Å². The van der Waals surface area contributed by atoms with Crippen molar-refractivity contribution < 1.29 is 13.9 Å². The third-order valence-electron chi connectivity index (χ3n) is 5.64. The molecule has 2 aliphatic heterocycles. The maximum absolute atomic E-state index is 14.2. The first-order valence-electron chi connectivity index (χ1n) is 10.5. The second kappa shape index (κ2) is 8.42. The normalized spacial score (nSPS) is 16.6. The third-order valence-corrected chi connectivity index (χ3v) is 6.58. The molecule has 0 bridgehead atoms. The number of rotatable bonds is 4. The second-order valence-corrected chi connectivity index (χ2v) is 8.72. The van der Waals surface area contributed by atoms with Crippen LogP contribution in [0, 0.1) is 25.1 Å². The maximum Gasteiger partial charge on any atom is 0.283 e. The van der Waals surface area contributed by atoms with Crippen molar-refractivity contribution in [2.75, 3.05) is 7.11 Å². The zero-order valence-corrected chi connectivity index (χ0v) is 19.5. The van der Waals surface area contributed by atoms with Gasteiger partial charge in [-0.25, -0.2) is 4.39 Å². The van der Waals surface area contributed by atoms with Gasteiger partial charge in [0, 0.05) is 28.7 Å². The van der Waals surface area contributed by atoms with Gasteiger partial charge in [-0.3, -0.25) is 10.2 Å². The number of aliphatic imine (C=N–C) groups is 1. The summed E-state index contributed by atoms with van der Waals surface area (Å²) in [6.07, 6.45) is 1.66. The number of benzene rings is 2. The number of ether oxygens (including phenoxy) is 1. The Balaban J connectivity index is 1.52. The predicted octanol–water partition coefficient (Wildman–Crippen LogP) is 4.91. The van der Waals surface area contributed by atoms with Crippen LogP contribution in [-0.4, -0.2) is 38.6 Å². The number of carbonyl (C=O) groups is 1. The molecule has 9 heteroatoms. The highest BCUT2D eigenvalue weighted by Gasteiger charge is 2.36. The van der Waals surface area contributed by atoms with Crippen LogP contribution in [0.1, 0.15) is 22.5 Å². The monoisotopic (exact) mass is 473 g/mol. The van der Waals surface area contributed by atoms with Gasteiger partial charge in [-0.05, 0) is 67.6 Å². The first kappa shape index (κ1) is 21.8. The van der Waals surface area contributed by atoms with E-state index in [2.05, 4.69) is 14.7 Å². The van der Waals surface area contributed by atoms with E-state index in [4.69, 9.17) is 10.1 Å². The molecule has 0 aliphatic carbocycles. The van der Waals surface area contributed by atoms with E-state index >= 15 is 0 Å². The molecule has 0 radical (unpaired) electrons. The van der Waals surface area contributed by atoms with Crippen molar-refractivity contribution in [3.63, 3.8) is 0 Å². The first-order valence-corrected chi connectivity index (χ1v) is 11.3. The van der Waals surface area contributed by atoms with Crippen LogP contribution in [0.2, 0.25) is 0 Å². The molecule has 0 fully saturated rings. The minimum Gasteiger partial charge on any atom is -0.497 e. The number of aryl methyl sites for hydroxylation is 1. The molecule has 2 aliphatic rings. The molecular formula is C25H20FN5O2S. The van der Waals surface area contributed by atoms with Gasteiger partial charge in [-0.1, -0.05) is 18.2 Å². The molecule has 0 unspecified atom stereocenters. The third kappa shape index (κ3) is 3.63. The number of thioether (sulfide) groups is 1. The number of methoxy groups -OCH3 is 1. The van der Waals surface area contributed by atoms with Crippen LogP contribution in [-0.2, 0) is 4.79 Å². The van der Waals surface area contributed by atoms with E-state index in [1.165, 1.54) is 11.1 Å². The van der Waals surface area contributed by atoms with Gasteiger partial charge in [-0.2, -0.15) is 15.1 Å². The molecule has 3 heterocycles. The summed E-state index contributed by atoms with van der Waals surface area (Å²) in [6, 6.07) is 15.9. The number of nitrogens with zero attached hydrogens (tertiary/aromatic N) is 4. The van der Waals surface area contributed by atoms with Gasteiger partial charge in [0.2, 0.25) is 5.17 Å². The Bertz CT molecular complexity index is 1450. The van der Waals surface area contributed by atoms with Gasteiger partial charge >= 0.3 is 0 Å². The van der Waals surface area contributed by atoms with E-state index in [0.717, 1.165) is 40.2 Å². The summed E-state index contributed by atoms with van der Waals surface area (Å²) < 4.78 is 21.6. The van der Waals surface area contributed by atoms with Gasteiger partial charge in [-0.15, -0.1) is 0 Å². The lowest BCUT2D eigenvalue weighted by atomic mass is 10.1. The molecule has 0 atom stereocenters. The van der Waals surface area contributed by atoms with Crippen molar-refractivity contribution in [1.29, 1.82) is 5.41 Å². The van der Waals surface area contributed by atoms with Crippen LogP contribution >= 0.6 is 11.8 Å². The number of nitrogens with one attached hydrogen (secondary N) is 1. The number of amides is 1. The van der Waals surface area contributed by atoms with E-state index in [0.29, 0.717) is 10.6 Å². The molecule has 1 amide bonds. The van der Waals surface area contributed by atoms with Gasteiger partial charge in [0.05, 0.1) is 12.7 Å². The Morgan fingerprint density at radius 3 is 2.68 bits per heavy atom. The smallest absolute Gasteiger partial charge is 0.283 e. The Hall–Kier alpha value is -3.98. The fraction of sp³-hybridized carbons (Fsp3) is 0.120. The molecule has 170 valence electrons. The van der Waals surface area contributed by atoms with Crippen molar-refractivity contribution in [3.05, 3.63) is 88.5 Å². The van der Waals surface area contributed by atoms with E-state index < -0.39 is 11.7 Å². The number of hydrazone groups is 1.